The number of anilines is 1. The maximum atomic E-state index is 5.99. The van der Waals surface area contributed by atoms with Crippen molar-refractivity contribution in [1.82, 2.24) is 0 Å². The number of ether oxygens (including phenoxy) is 1. The average molecular weight is 316 g/mol. The van der Waals surface area contributed by atoms with Crippen LogP contribution in [0.1, 0.15) is 5.56 Å². The second-order valence-electron chi connectivity index (χ2n) is 5.27. The SMILES string of the molecule is NC1=N[C@@H](CN(Cc2ccccc2)c2ccc(Cl)cc2)CO1. The van der Waals surface area contributed by atoms with Crippen molar-refractivity contribution in [2.24, 2.45) is 10.7 Å². The molecule has 22 heavy (non-hydrogen) atoms. The van der Waals surface area contributed by atoms with Gasteiger partial charge in [0.1, 0.15) is 12.6 Å². The smallest absolute Gasteiger partial charge is 0.282 e. The number of rotatable bonds is 5. The van der Waals surface area contributed by atoms with E-state index in [2.05, 4.69) is 22.0 Å². The molecule has 1 aliphatic heterocycles. The summed E-state index contributed by atoms with van der Waals surface area (Å²) in [5, 5.41) is 0.731. The van der Waals surface area contributed by atoms with Crippen molar-refractivity contribution < 1.29 is 4.74 Å². The van der Waals surface area contributed by atoms with Gasteiger partial charge in [-0.3, -0.25) is 0 Å². The van der Waals surface area contributed by atoms with Crippen LogP contribution in [0, 0.1) is 0 Å². The summed E-state index contributed by atoms with van der Waals surface area (Å²) in [4.78, 5) is 6.58. The van der Waals surface area contributed by atoms with Crippen LogP contribution in [0.15, 0.2) is 59.6 Å². The summed E-state index contributed by atoms with van der Waals surface area (Å²) in [6.07, 6.45) is 0. The molecule has 0 aliphatic carbocycles. The lowest BCUT2D eigenvalue weighted by atomic mass is 10.1. The van der Waals surface area contributed by atoms with Gasteiger partial charge in [0.15, 0.2) is 0 Å². The lowest BCUT2D eigenvalue weighted by Gasteiger charge is -2.26. The van der Waals surface area contributed by atoms with Gasteiger partial charge in [-0.15, -0.1) is 0 Å². The van der Waals surface area contributed by atoms with Crippen LogP contribution in [0.4, 0.5) is 5.69 Å². The van der Waals surface area contributed by atoms with Gasteiger partial charge in [-0.05, 0) is 29.8 Å². The van der Waals surface area contributed by atoms with E-state index in [1.807, 2.05) is 42.5 Å². The molecule has 114 valence electrons. The molecule has 0 saturated carbocycles. The quantitative estimate of drug-likeness (QED) is 0.922. The monoisotopic (exact) mass is 315 g/mol. The van der Waals surface area contributed by atoms with Gasteiger partial charge in [-0.25, -0.2) is 4.99 Å². The van der Waals surface area contributed by atoms with Crippen molar-refractivity contribution in [3.8, 4) is 0 Å². The number of benzene rings is 2. The van der Waals surface area contributed by atoms with Crippen LogP contribution in [0.3, 0.4) is 0 Å². The number of halogens is 1. The summed E-state index contributed by atoms with van der Waals surface area (Å²) in [5.41, 5.74) is 7.95. The molecule has 0 radical (unpaired) electrons. The van der Waals surface area contributed by atoms with Crippen LogP contribution in [0.2, 0.25) is 5.02 Å². The Labute approximate surface area is 135 Å². The summed E-state index contributed by atoms with van der Waals surface area (Å²) in [7, 11) is 0. The topological polar surface area (TPSA) is 50.8 Å². The first-order valence-corrected chi connectivity index (χ1v) is 7.59. The molecule has 0 amide bonds. The predicted molar refractivity (Wildman–Crippen MR) is 90.3 cm³/mol. The fourth-order valence-corrected chi connectivity index (χ4v) is 2.63. The molecule has 0 saturated heterocycles. The van der Waals surface area contributed by atoms with Crippen LogP contribution in [-0.2, 0) is 11.3 Å². The maximum absolute atomic E-state index is 5.99. The first-order valence-electron chi connectivity index (χ1n) is 7.21. The highest BCUT2D eigenvalue weighted by molar-refractivity contribution is 6.30. The van der Waals surface area contributed by atoms with E-state index in [0.29, 0.717) is 6.61 Å². The van der Waals surface area contributed by atoms with Crippen molar-refractivity contribution in [1.29, 1.82) is 0 Å². The third kappa shape index (κ3) is 3.71. The van der Waals surface area contributed by atoms with E-state index in [0.717, 1.165) is 23.8 Å². The van der Waals surface area contributed by atoms with E-state index < -0.39 is 0 Å². The lowest BCUT2D eigenvalue weighted by molar-refractivity contribution is 0.313. The number of aliphatic imine (C=N–C) groups is 1. The third-order valence-electron chi connectivity index (χ3n) is 3.57. The highest BCUT2D eigenvalue weighted by atomic mass is 35.5. The van der Waals surface area contributed by atoms with Gasteiger partial charge >= 0.3 is 0 Å². The van der Waals surface area contributed by atoms with Gasteiger partial charge in [-0.1, -0.05) is 41.9 Å². The van der Waals surface area contributed by atoms with Crippen molar-refractivity contribution in [3.63, 3.8) is 0 Å². The standard InChI is InChI=1S/C17H18ClN3O/c18-14-6-8-16(9-7-14)21(10-13-4-2-1-3-5-13)11-15-12-22-17(19)20-15/h1-9,15H,10-12H2,(H2,19,20)/t15-/m0/s1. The zero-order valence-electron chi connectivity index (χ0n) is 12.2. The Bertz CT molecular complexity index is 643. The van der Waals surface area contributed by atoms with Crippen LogP contribution in [0.5, 0.6) is 0 Å². The Morgan fingerprint density at radius 3 is 2.50 bits per heavy atom. The van der Waals surface area contributed by atoms with E-state index in [4.69, 9.17) is 22.1 Å². The summed E-state index contributed by atoms with van der Waals surface area (Å²) in [6, 6.07) is 18.5. The fourth-order valence-electron chi connectivity index (χ4n) is 2.50. The molecule has 1 atom stereocenters. The summed E-state index contributed by atoms with van der Waals surface area (Å²) in [5.74, 6) is 0. The Kier molecular flexibility index (Phi) is 4.49. The Balaban J connectivity index is 1.80. The Morgan fingerprint density at radius 2 is 1.86 bits per heavy atom. The first kappa shape index (κ1) is 14.7. The first-order chi connectivity index (χ1) is 10.7. The van der Waals surface area contributed by atoms with Gasteiger partial charge in [0.2, 0.25) is 0 Å². The number of amidine groups is 1. The molecule has 0 spiro atoms. The molecule has 0 unspecified atom stereocenters. The molecule has 2 aromatic rings. The third-order valence-corrected chi connectivity index (χ3v) is 3.82. The minimum atomic E-state index is 0.0550. The van der Waals surface area contributed by atoms with Gasteiger partial charge in [0.05, 0.1) is 0 Å². The molecule has 0 bridgehead atoms. The van der Waals surface area contributed by atoms with Crippen molar-refractivity contribution in [2.75, 3.05) is 18.1 Å². The number of nitrogens with two attached hydrogens (primary N) is 1. The summed E-state index contributed by atoms with van der Waals surface area (Å²) >= 11 is 5.99. The van der Waals surface area contributed by atoms with E-state index in [-0.39, 0.29) is 12.1 Å². The molecule has 1 heterocycles. The zero-order chi connectivity index (χ0) is 15.4. The summed E-state index contributed by atoms with van der Waals surface area (Å²) < 4.78 is 5.25. The minimum Gasteiger partial charge on any atom is -0.463 e. The molecule has 2 aromatic carbocycles. The van der Waals surface area contributed by atoms with Crippen LogP contribution < -0.4 is 10.6 Å². The molecule has 2 N–H and O–H groups in total. The largest absolute Gasteiger partial charge is 0.463 e. The van der Waals surface area contributed by atoms with Crippen LogP contribution in [-0.4, -0.2) is 25.2 Å². The van der Waals surface area contributed by atoms with Crippen molar-refractivity contribution >= 4 is 23.3 Å². The molecular weight excluding hydrogens is 298 g/mol. The highest BCUT2D eigenvalue weighted by Gasteiger charge is 2.20. The minimum absolute atomic E-state index is 0.0550. The van der Waals surface area contributed by atoms with Crippen molar-refractivity contribution in [2.45, 2.75) is 12.6 Å². The maximum Gasteiger partial charge on any atom is 0.282 e. The highest BCUT2D eigenvalue weighted by Crippen LogP contribution is 2.21. The van der Waals surface area contributed by atoms with E-state index in [1.165, 1.54) is 5.56 Å². The molecule has 5 heteroatoms. The predicted octanol–water partition coefficient (Wildman–Crippen LogP) is 3.06. The Morgan fingerprint density at radius 1 is 1.14 bits per heavy atom. The molecule has 1 aliphatic rings. The molecule has 0 aromatic heterocycles. The molecular formula is C17H18ClN3O. The van der Waals surface area contributed by atoms with Crippen LogP contribution >= 0.6 is 11.6 Å². The number of hydrogen-bond donors (Lipinski definition) is 1. The number of nitrogens with zero attached hydrogens (tertiary/aromatic N) is 2. The van der Waals surface area contributed by atoms with Gasteiger partial charge in [-0.2, -0.15) is 0 Å². The molecule has 4 nitrogen and oxygen atoms in total. The van der Waals surface area contributed by atoms with E-state index in [9.17, 15) is 0 Å². The van der Waals surface area contributed by atoms with Crippen molar-refractivity contribution in [3.05, 3.63) is 65.2 Å². The van der Waals surface area contributed by atoms with Gasteiger partial charge in [0.25, 0.3) is 6.02 Å². The Hall–Kier alpha value is -2.20. The van der Waals surface area contributed by atoms with Gasteiger partial charge in [0, 0.05) is 23.8 Å². The molecule has 3 rings (SSSR count). The van der Waals surface area contributed by atoms with Gasteiger partial charge < -0.3 is 15.4 Å². The lowest BCUT2D eigenvalue weighted by Crippen LogP contribution is -2.32. The van der Waals surface area contributed by atoms with E-state index in [1.54, 1.807) is 0 Å². The second kappa shape index (κ2) is 6.71. The van der Waals surface area contributed by atoms with E-state index >= 15 is 0 Å². The van der Waals surface area contributed by atoms with Crippen LogP contribution in [0.25, 0.3) is 0 Å². The second-order valence-corrected chi connectivity index (χ2v) is 5.71. The average Bonchev–Trinajstić information content (AvgIpc) is 2.94. The summed E-state index contributed by atoms with van der Waals surface area (Å²) in [6.45, 7) is 2.08. The zero-order valence-corrected chi connectivity index (χ0v) is 12.9. The fraction of sp³-hybridized carbons (Fsp3) is 0.235. The number of hydrogen-bond acceptors (Lipinski definition) is 4. The molecule has 0 fully saturated rings. The normalized spacial score (nSPS) is 17.0.